The first-order valence-electron chi connectivity index (χ1n) is 14.3. The summed E-state index contributed by atoms with van der Waals surface area (Å²) in [5, 5.41) is 1.37. The molecule has 0 amide bonds. The Kier molecular flexibility index (Phi) is 8.20. The predicted octanol–water partition coefficient (Wildman–Crippen LogP) is 7.74. The fourth-order valence-electron chi connectivity index (χ4n) is 5.76. The van der Waals surface area contributed by atoms with Gasteiger partial charge in [-0.05, 0) is 116 Å². The van der Waals surface area contributed by atoms with Crippen molar-refractivity contribution >= 4 is 27.5 Å². The summed E-state index contributed by atoms with van der Waals surface area (Å²) in [6.45, 7) is 7.77. The highest BCUT2D eigenvalue weighted by atomic mass is 32.1. The predicted molar refractivity (Wildman–Crippen MR) is 162 cm³/mol. The van der Waals surface area contributed by atoms with Crippen molar-refractivity contribution in [3.05, 3.63) is 95.6 Å². The van der Waals surface area contributed by atoms with Gasteiger partial charge in [0.05, 0.1) is 0 Å². The summed E-state index contributed by atoms with van der Waals surface area (Å²) >= 11 is 1.90. The second-order valence-corrected chi connectivity index (χ2v) is 11.7. The van der Waals surface area contributed by atoms with Gasteiger partial charge in [-0.2, -0.15) is 0 Å². The van der Waals surface area contributed by atoms with Gasteiger partial charge < -0.3 is 4.74 Å². The van der Waals surface area contributed by atoms with Crippen LogP contribution in [0, 0.1) is 0 Å². The number of hydrogen-bond acceptors (Lipinski definition) is 4. The molecule has 0 aliphatic carbocycles. The third-order valence-electron chi connectivity index (χ3n) is 7.92. The standard InChI is InChI=1S/C34H38N2OS/c1-2-10-33-31(9-1)32(26-28-13-11-27(12-14-28)8-7-23-35-19-3-4-20-35)34(38-33)29-15-17-30(18-16-29)37-25-24-36-21-5-6-22-36/h1-2,7-18H,3-6,19-26H2/b8-7+. The lowest BCUT2D eigenvalue weighted by molar-refractivity contribution is 0.238. The summed E-state index contributed by atoms with van der Waals surface area (Å²) in [5.74, 6) is 0.962. The summed E-state index contributed by atoms with van der Waals surface area (Å²) < 4.78 is 7.42. The van der Waals surface area contributed by atoms with Crippen LogP contribution in [0.3, 0.4) is 0 Å². The summed E-state index contributed by atoms with van der Waals surface area (Å²) in [5.41, 5.74) is 5.33. The Hall–Kier alpha value is -2.92. The van der Waals surface area contributed by atoms with Crippen molar-refractivity contribution in [3.8, 4) is 16.2 Å². The second-order valence-electron chi connectivity index (χ2n) is 10.7. The van der Waals surface area contributed by atoms with Crippen LogP contribution in [-0.4, -0.2) is 55.7 Å². The molecule has 0 N–H and O–H groups in total. The average molecular weight is 523 g/mol. The minimum Gasteiger partial charge on any atom is -0.492 e. The largest absolute Gasteiger partial charge is 0.492 e. The molecule has 2 fully saturated rings. The van der Waals surface area contributed by atoms with Crippen LogP contribution in [0.2, 0.25) is 0 Å². The zero-order chi connectivity index (χ0) is 25.6. The van der Waals surface area contributed by atoms with E-state index >= 15 is 0 Å². The quantitative estimate of drug-likeness (QED) is 0.212. The number of fused-ring (bicyclic) bond motifs is 1. The lowest BCUT2D eigenvalue weighted by Crippen LogP contribution is -2.25. The second kappa shape index (κ2) is 12.3. The molecule has 196 valence electrons. The number of ether oxygens (including phenoxy) is 1. The van der Waals surface area contributed by atoms with E-state index in [1.54, 1.807) is 0 Å². The Morgan fingerprint density at radius 1 is 0.763 bits per heavy atom. The van der Waals surface area contributed by atoms with Crippen molar-refractivity contribution in [3.63, 3.8) is 0 Å². The first-order chi connectivity index (χ1) is 18.8. The van der Waals surface area contributed by atoms with Crippen LogP contribution in [0.5, 0.6) is 5.75 Å². The molecule has 0 radical (unpaired) electrons. The van der Waals surface area contributed by atoms with Crippen molar-refractivity contribution in [2.24, 2.45) is 0 Å². The highest BCUT2D eigenvalue weighted by Gasteiger charge is 2.15. The maximum atomic E-state index is 6.07. The maximum absolute atomic E-state index is 6.07. The minimum atomic E-state index is 0.761. The van der Waals surface area contributed by atoms with Crippen molar-refractivity contribution < 1.29 is 4.74 Å². The topological polar surface area (TPSA) is 15.7 Å². The van der Waals surface area contributed by atoms with Crippen LogP contribution in [0.25, 0.3) is 26.6 Å². The number of likely N-dealkylation sites (tertiary alicyclic amines) is 2. The minimum absolute atomic E-state index is 0.761. The first kappa shape index (κ1) is 25.4. The van der Waals surface area contributed by atoms with E-state index in [9.17, 15) is 0 Å². The summed E-state index contributed by atoms with van der Waals surface area (Å²) in [6.07, 6.45) is 10.9. The first-order valence-corrected chi connectivity index (χ1v) is 15.1. The molecule has 1 aromatic heterocycles. The van der Waals surface area contributed by atoms with Crippen LogP contribution >= 0.6 is 11.3 Å². The molecule has 2 saturated heterocycles. The molecule has 0 atom stereocenters. The molecular weight excluding hydrogens is 484 g/mol. The van der Waals surface area contributed by atoms with E-state index in [0.29, 0.717) is 0 Å². The normalized spacial score (nSPS) is 16.7. The van der Waals surface area contributed by atoms with Gasteiger partial charge in [-0.1, -0.05) is 54.6 Å². The van der Waals surface area contributed by atoms with Gasteiger partial charge in [-0.3, -0.25) is 9.80 Å². The van der Waals surface area contributed by atoms with Crippen molar-refractivity contribution in [1.29, 1.82) is 0 Å². The fourth-order valence-corrected chi connectivity index (χ4v) is 6.99. The van der Waals surface area contributed by atoms with E-state index in [1.165, 1.54) is 89.1 Å². The number of thiophene rings is 1. The van der Waals surface area contributed by atoms with Gasteiger partial charge in [0, 0.05) is 22.7 Å². The van der Waals surface area contributed by atoms with Crippen LogP contribution in [0.4, 0.5) is 0 Å². The average Bonchev–Trinajstić information content (AvgIpc) is 3.73. The molecule has 2 aliphatic heterocycles. The zero-order valence-electron chi connectivity index (χ0n) is 22.3. The van der Waals surface area contributed by atoms with Crippen molar-refractivity contribution in [2.45, 2.75) is 32.1 Å². The van der Waals surface area contributed by atoms with Crippen LogP contribution in [-0.2, 0) is 6.42 Å². The van der Waals surface area contributed by atoms with Gasteiger partial charge in [0.25, 0.3) is 0 Å². The highest BCUT2D eigenvalue weighted by molar-refractivity contribution is 7.22. The van der Waals surface area contributed by atoms with Crippen molar-refractivity contribution in [1.82, 2.24) is 9.80 Å². The molecule has 0 spiro atoms. The molecular formula is C34H38N2OS. The lowest BCUT2D eigenvalue weighted by atomic mass is 9.98. The van der Waals surface area contributed by atoms with Gasteiger partial charge >= 0.3 is 0 Å². The number of hydrogen-bond donors (Lipinski definition) is 0. The molecule has 0 bridgehead atoms. The molecule has 0 saturated carbocycles. The van der Waals surface area contributed by atoms with E-state index in [-0.39, 0.29) is 0 Å². The van der Waals surface area contributed by atoms with Crippen LogP contribution in [0.15, 0.2) is 78.9 Å². The molecule has 3 nitrogen and oxygen atoms in total. The lowest BCUT2D eigenvalue weighted by Gasteiger charge is -2.15. The van der Waals surface area contributed by atoms with Gasteiger partial charge in [-0.25, -0.2) is 0 Å². The smallest absolute Gasteiger partial charge is 0.119 e. The SMILES string of the molecule is C(=C\c1ccc(Cc2c(-c3ccc(OCCN4CCCC4)cc3)sc3ccccc23)cc1)/CN1CCCC1. The van der Waals surface area contributed by atoms with E-state index in [4.69, 9.17) is 4.74 Å². The van der Waals surface area contributed by atoms with E-state index in [0.717, 1.165) is 31.9 Å². The van der Waals surface area contributed by atoms with E-state index < -0.39 is 0 Å². The molecule has 0 unspecified atom stereocenters. The van der Waals surface area contributed by atoms with Crippen LogP contribution < -0.4 is 4.74 Å². The Bertz CT molecular complexity index is 1340. The molecule has 38 heavy (non-hydrogen) atoms. The van der Waals surface area contributed by atoms with Gasteiger partial charge in [0.15, 0.2) is 0 Å². The fraction of sp³-hybridized carbons (Fsp3) is 0.353. The van der Waals surface area contributed by atoms with Crippen LogP contribution in [0.1, 0.15) is 42.4 Å². The number of nitrogens with zero attached hydrogens (tertiary/aromatic N) is 2. The summed E-state index contributed by atoms with van der Waals surface area (Å²) in [7, 11) is 0. The van der Waals surface area contributed by atoms with Gasteiger partial charge in [-0.15, -0.1) is 11.3 Å². The Morgan fingerprint density at radius 2 is 1.47 bits per heavy atom. The number of rotatable bonds is 10. The van der Waals surface area contributed by atoms with Gasteiger partial charge in [0.1, 0.15) is 12.4 Å². The van der Waals surface area contributed by atoms with E-state index in [2.05, 4.69) is 94.7 Å². The molecule has 3 aromatic carbocycles. The third kappa shape index (κ3) is 6.20. The molecule has 6 rings (SSSR count). The molecule has 4 aromatic rings. The third-order valence-corrected chi connectivity index (χ3v) is 9.19. The highest BCUT2D eigenvalue weighted by Crippen LogP contribution is 2.40. The summed E-state index contributed by atoms with van der Waals surface area (Å²) in [6, 6.07) is 26.7. The Balaban J connectivity index is 1.15. The number of benzene rings is 3. The molecule has 3 heterocycles. The summed E-state index contributed by atoms with van der Waals surface area (Å²) in [4.78, 5) is 6.39. The molecule has 4 heteroatoms. The van der Waals surface area contributed by atoms with Gasteiger partial charge in [0.2, 0.25) is 0 Å². The Morgan fingerprint density at radius 3 is 2.24 bits per heavy atom. The van der Waals surface area contributed by atoms with E-state index in [1.807, 2.05) is 11.3 Å². The Labute approximate surface area is 231 Å². The monoisotopic (exact) mass is 522 g/mol. The zero-order valence-corrected chi connectivity index (χ0v) is 23.1. The maximum Gasteiger partial charge on any atom is 0.119 e. The molecule has 2 aliphatic rings. The van der Waals surface area contributed by atoms with Crippen molar-refractivity contribution in [2.75, 3.05) is 45.9 Å².